The molecule has 1 amide bonds. The standard InChI is InChI=1S/C16H15N5O4S/c1-2-25-15(24)9-3-5-10(6-4-9)18-12(22)8-26-16-19-13-11(7-17-21-13)14(23)20-16/h3-7H,2,8H2,1H3,(H,18,22)(H2,17,19,20,21,23). The molecular weight excluding hydrogens is 358 g/mol. The summed E-state index contributed by atoms with van der Waals surface area (Å²) in [5.74, 6) is -0.626. The number of aromatic amines is 2. The van der Waals surface area contributed by atoms with Gasteiger partial charge in [0.25, 0.3) is 5.56 Å². The maximum Gasteiger partial charge on any atom is 0.338 e. The molecule has 3 rings (SSSR count). The molecule has 26 heavy (non-hydrogen) atoms. The minimum absolute atomic E-state index is 0.0577. The molecule has 0 unspecified atom stereocenters. The molecule has 0 spiro atoms. The molecule has 0 aliphatic rings. The van der Waals surface area contributed by atoms with Crippen LogP contribution in [0.1, 0.15) is 17.3 Å². The van der Waals surface area contributed by atoms with Crippen LogP contribution in [0.3, 0.4) is 0 Å². The summed E-state index contributed by atoms with van der Waals surface area (Å²) in [4.78, 5) is 42.2. The van der Waals surface area contributed by atoms with Crippen LogP contribution in [0.5, 0.6) is 0 Å². The van der Waals surface area contributed by atoms with E-state index < -0.39 is 5.97 Å². The molecule has 0 saturated heterocycles. The number of anilines is 1. The number of H-pyrrole nitrogens is 2. The Balaban J connectivity index is 1.58. The minimum atomic E-state index is -0.412. The molecule has 0 fully saturated rings. The fourth-order valence-corrected chi connectivity index (χ4v) is 2.79. The monoisotopic (exact) mass is 373 g/mol. The number of rotatable bonds is 6. The van der Waals surface area contributed by atoms with E-state index in [4.69, 9.17) is 4.74 Å². The zero-order valence-corrected chi connectivity index (χ0v) is 14.6. The quantitative estimate of drug-likeness (QED) is 0.339. The molecule has 0 bridgehead atoms. The number of hydrogen-bond donors (Lipinski definition) is 3. The molecule has 10 heteroatoms. The van der Waals surface area contributed by atoms with E-state index in [9.17, 15) is 14.4 Å². The van der Waals surface area contributed by atoms with Crippen LogP contribution in [0.25, 0.3) is 11.0 Å². The lowest BCUT2D eigenvalue weighted by atomic mass is 10.2. The van der Waals surface area contributed by atoms with Crippen molar-refractivity contribution < 1.29 is 14.3 Å². The highest BCUT2D eigenvalue weighted by Crippen LogP contribution is 2.15. The maximum atomic E-state index is 12.0. The van der Waals surface area contributed by atoms with E-state index in [2.05, 4.69) is 25.5 Å². The Morgan fingerprint density at radius 3 is 2.77 bits per heavy atom. The van der Waals surface area contributed by atoms with Crippen LogP contribution in [0.4, 0.5) is 5.69 Å². The van der Waals surface area contributed by atoms with Crippen LogP contribution in [0, 0.1) is 0 Å². The van der Waals surface area contributed by atoms with Crippen LogP contribution in [0.2, 0.25) is 0 Å². The first-order valence-electron chi connectivity index (χ1n) is 7.70. The molecule has 3 aromatic rings. The summed E-state index contributed by atoms with van der Waals surface area (Å²) in [6, 6.07) is 6.38. The topological polar surface area (TPSA) is 130 Å². The third-order valence-electron chi connectivity index (χ3n) is 3.32. The molecule has 0 saturated carbocycles. The largest absolute Gasteiger partial charge is 0.462 e. The number of aromatic nitrogens is 4. The molecule has 1 aromatic carbocycles. The molecule has 0 radical (unpaired) electrons. The van der Waals surface area contributed by atoms with Crippen molar-refractivity contribution in [1.82, 2.24) is 20.2 Å². The number of hydrogen-bond acceptors (Lipinski definition) is 7. The van der Waals surface area contributed by atoms with Gasteiger partial charge in [0.15, 0.2) is 10.8 Å². The number of nitrogens with zero attached hydrogens (tertiary/aromatic N) is 2. The average Bonchev–Trinajstić information content (AvgIpc) is 3.10. The van der Waals surface area contributed by atoms with Crippen molar-refractivity contribution in [3.63, 3.8) is 0 Å². The van der Waals surface area contributed by atoms with Gasteiger partial charge in [-0.25, -0.2) is 9.78 Å². The summed E-state index contributed by atoms with van der Waals surface area (Å²) in [5, 5.41) is 9.76. The molecule has 0 aliphatic carbocycles. The molecule has 0 aliphatic heterocycles. The van der Waals surface area contributed by atoms with Crippen LogP contribution in [0.15, 0.2) is 40.4 Å². The Morgan fingerprint density at radius 1 is 1.27 bits per heavy atom. The van der Waals surface area contributed by atoms with Crippen LogP contribution < -0.4 is 10.9 Å². The first-order valence-corrected chi connectivity index (χ1v) is 8.68. The second kappa shape index (κ2) is 7.83. The van der Waals surface area contributed by atoms with Gasteiger partial charge in [0.1, 0.15) is 5.39 Å². The van der Waals surface area contributed by atoms with Gasteiger partial charge in [0.2, 0.25) is 5.91 Å². The zero-order chi connectivity index (χ0) is 18.5. The molecule has 3 N–H and O–H groups in total. The van der Waals surface area contributed by atoms with Gasteiger partial charge in [-0.1, -0.05) is 11.8 Å². The third kappa shape index (κ3) is 4.09. The smallest absolute Gasteiger partial charge is 0.338 e. The van der Waals surface area contributed by atoms with E-state index in [1.54, 1.807) is 31.2 Å². The highest BCUT2D eigenvalue weighted by atomic mass is 32.2. The van der Waals surface area contributed by atoms with Crippen molar-refractivity contribution in [2.45, 2.75) is 12.1 Å². The van der Waals surface area contributed by atoms with Gasteiger partial charge >= 0.3 is 5.97 Å². The van der Waals surface area contributed by atoms with Crippen LogP contribution in [-0.4, -0.2) is 44.4 Å². The number of fused-ring (bicyclic) bond motifs is 1. The first-order chi connectivity index (χ1) is 12.6. The molecular formula is C16H15N5O4S. The van der Waals surface area contributed by atoms with E-state index in [1.165, 1.54) is 6.20 Å². The second-order valence-electron chi connectivity index (χ2n) is 5.14. The minimum Gasteiger partial charge on any atom is -0.462 e. The Kier molecular flexibility index (Phi) is 5.32. The van der Waals surface area contributed by atoms with E-state index in [0.717, 1.165) is 11.8 Å². The normalized spacial score (nSPS) is 10.7. The summed E-state index contributed by atoms with van der Waals surface area (Å²) in [7, 11) is 0. The SMILES string of the molecule is CCOC(=O)c1ccc(NC(=O)CSc2nc3[nH]ncc3c(=O)[nH]2)cc1. The molecule has 2 heterocycles. The zero-order valence-electron chi connectivity index (χ0n) is 13.7. The van der Waals surface area contributed by atoms with E-state index in [1.807, 2.05) is 0 Å². The number of ether oxygens (including phenoxy) is 1. The van der Waals surface area contributed by atoms with Gasteiger partial charge in [0.05, 0.1) is 24.1 Å². The van der Waals surface area contributed by atoms with Crippen molar-refractivity contribution in [2.24, 2.45) is 0 Å². The maximum absolute atomic E-state index is 12.0. The van der Waals surface area contributed by atoms with Crippen molar-refractivity contribution in [3.05, 3.63) is 46.4 Å². The number of carbonyl (C=O) groups excluding carboxylic acids is 2. The number of thioether (sulfide) groups is 1. The first kappa shape index (κ1) is 17.7. The lowest BCUT2D eigenvalue weighted by Gasteiger charge is -2.06. The van der Waals surface area contributed by atoms with Crippen molar-refractivity contribution in [2.75, 3.05) is 17.7 Å². The Bertz CT molecular complexity index is 996. The van der Waals surface area contributed by atoms with Crippen molar-refractivity contribution in [1.29, 1.82) is 0 Å². The fraction of sp³-hybridized carbons (Fsp3) is 0.188. The lowest BCUT2D eigenvalue weighted by Crippen LogP contribution is -2.15. The fourth-order valence-electron chi connectivity index (χ4n) is 2.13. The summed E-state index contributed by atoms with van der Waals surface area (Å²) >= 11 is 1.09. The van der Waals surface area contributed by atoms with E-state index >= 15 is 0 Å². The number of amides is 1. The van der Waals surface area contributed by atoms with E-state index in [-0.39, 0.29) is 17.2 Å². The van der Waals surface area contributed by atoms with Gasteiger partial charge in [-0.15, -0.1) is 0 Å². The molecule has 0 atom stereocenters. The predicted molar refractivity (Wildman–Crippen MR) is 96.3 cm³/mol. The van der Waals surface area contributed by atoms with E-state index in [0.29, 0.717) is 34.0 Å². The Morgan fingerprint density at radius 2 is 2.04 bits per heavy atom. The van der Waals surface area contributed by atoms with Gasteiger partial charge in [-0.3, -0.25) is 14.7 Å². The molecule has 134 valence electrons. The lowest BCUT2D eigenvalue weighted by molar-refractivity contribution is -0.113. The Labute approximate surface area is 151 Å². The average molecular weight is 373 g/mol. The molecule has 2 aromatic heterocycles. The summed E-state index contributed by atoms with van der Waals surface area (Å²) in [6.45, 7) is 2.03. The number of nitrogens with one attached hydrogen (secondary N) is 3. The number of carbonyl (C=O) groups is 2. The van der Waals surface area contributed by atoms with Gasteiger partial charge in [-0.05, 0) is 31.2 Å². The van der Waals surface area contributed by atoms with Gasteiger partial charge < -0.3 is 15.0 Å². The number of esters is 1. The summed E-state index contributed by atoms with van der Waals surface area (Å²) < 4.78 is 4.90. The highest BCUT2D eigenvalue weighted by Gasteiger charge is 2.10. The molecule has 9 nitrogen and oxygen atoms in total. The summed E-state index contributed by atoms with van der Waals surface area (Å²) in [5.41, 5.74) is 1.01. The van der Waals surface area contributed by atoms with Gasteiger partial charge in [0, 0.05) is 5.69 Å². The predicted octanol–water partition coefficient (Wildman–Crippen LogP) is 1.55. The van der Waals surface area contributed by atoms with Crippen LogP contribution >= 0.6 is 11.8 Å². The van der Waals surface area contributed by atoms with Crippen molar-refractivity contribution >= 4 is 40.4 Å². The van der Waals surface area contributed by atoms with Crippen LogP contribution in [-0.2, 0) is 9.53 Å². The highest BCUT2D eigenvalue weighted by molar-refractivity contribution is 7.99. The van der Waals surface area contributed by atoms with Crippen molar-refractivity contribution in [3.8, 4) is 0 Å². The Hall–Kier alpha value is -3.14. The van der Waals surface area contributed by atoms with Gasteiger partial charge in [-0.2, -0.15) is 5.10 Å². The third-order valence-corrected chi connectivity index (χ3v) is 4.19. The second-order valence-corrected chi connectivity index (χ2v) is 6.10. The number of benzene rings is 1. The summed E-state index contributed by atoms with van der Waals surface area (Å²) in [6.07, 6.45) is 1.39.